The number of unbranched alkanes of at least 4 members (excludes halogenated alkanes) is 4. The maximum absolute atomic E-state index is 12.1. The number of hydrogen-bond acceptors (Lipinski definition) is 3. The molecule has 5 nitrogen and oxygen atoms in total. The van der Waals surface area contributed by atoms with E-state index in [1.165, 1.54) is 43.5 Å². The van der Waals surface area contributed by atoms with E-state index in [-0.39, 0.29) is 35.7 Å². The Kier molecular flexibility index (Phi) is 12.4. The zero-order valence-corrected chi connectivity index (χ0v) is 17.5. The molecule has 3 N–H and O–H groups in total. The van der Waals surface area contributed by atoms with Gasteiger partial charge in [-0.25, -0.2) is 0 Å². The van der Waals surface area contributed by atoms with E-state index >= 15 is 0 Å². The fraction of sp³-hybridized carbons (Fsp3) is 0.588. The molecule has 0 saturated carbocycles. The number of benzene rings is 1. The maximum Gasteiger partial charge on any atom is 0.573 e. The van der Waals surface area contributed by atoms with E-state index in [2.05, 4.69) is 34.0 Å². The summed E-state index contributed by atoms with van der Waals surface area (Å²) < 4.78 is 40.0. The Bertz CT molecular complexity index is 522. The number of ether oxygens (including phenoxy) is 1. The van der Waals surface area contributed by atoms with Gasteiger partial charge in [0, 0.05) is 12.2 Å². The summed E-state index contributed by atoms with van der Waals surface area (Å²) in [6.45, 7) is 1.74. The van der Waals surface area contributed by atoms with Crippen LogP contribution in [0.3, 0.4) is 0 Å². The van der Waals surface area contributed by atoms with Gasteiger partial charge in [0.25, 0.3) is 0 Å². The number of anilines is 1. The number of nitrogens with one attached hydrogen (secondary N) is 1. The van der Waals surface area contributed by atoms with Crippen molar-refractivity contribution < 1.29 is 17.9 Å². The fourth-order valence-corrected chi connectivity index (χ4v) is 2.20. The molecule has 0 fully saturated rings. The number of nitrogens with zero attached hydrogens (tertiary/aromatic N) is 2. The number of guanidine groups is 1. The molecule has 0 aliphatic heterocycles. The van der Waals surface area contributed by atoms with Crippen LogP contribution in [-0.2, 0) is 0 Å². The van der Waals surface area contributed by atoms with Crippen LogP contribution < -0.4 is 15.8 Å². The molecule has 150 valence electrons. The highest BCUT2D eigenvalue weighted by molar-refractivity contribution is 14.0. The first-order chi connectivity index (χ1) is 11.8. The van der Waals surface area contributed by atoms with E-state index in [0.29, 0.717) is 12.2 Å². The van der Waals surface area contributed by atoms with Crippen LogP contribution in [0.5, 0.6) is 5.75 Å². The number of hydrogen-bond donors (Lipinski definition) is 2. The summed E-state index contributed by atoms with van der Waals surface area (Å²) in [5, 5.41) is 2.84. The molecule has 0 saturated heterocycles. The number of rotatable bonds is 10. The molecule has 0 amide bonds. The summed E-state index contributed by atoms with van der Waals surface area (Å²) in [6.07, 6.45) is 0.964. The molecule has 1 rings (SSSR count). The zero-order valence-electron chi connectivity index (χ0n) is 15.2. The summed E-state index contributed by atoms with van der Waals surface area (Å²) in [4.78, 5) is 6.39. The third kappa shape index (κ3) is 13.0. The topological polar surface area (TPSA) is 62.9 Å². The van der Waals surface area contributed by atoms with Gasteiger partial charge in [-0.1, -0.05) is 19.3 Å². The van der Waals surface area contributed by atoms with Gasteiger partial charge in [-0.2, -0.15) is 0 Å². The van der Waals surface area contributed by atoms with Crippen molar-refractivity contribution in [1.29, 1.82) is 0 Å². The second-order valence-electron chi connectivity index (χ2n) is 6.04. The molecule has 0 bridgehead atoms. The number of halogens is 4. The van der Waals surface area contributed by atoms with Crippen LogP contribution in [0, 0.1) is 0 Å². The third-order valence-corrected chi connectivity index (χ3v) is 3.41. The van der Waals surface area contributed by atoms with Crippen LogP contribution in [0.15, 0.2) is 29.3 Å². The molecule has 0 atom stereocenters. The highest BCUT2D eigenvalue weighted by Crippen LogP contribution is 2.23. The molecule has 0 aliphatic carbocycles. The molecule has 0 aromatic heterocycles. The zero-order chi connectivity index (χ0) is 18.7. The highest BCUT2D eigenvalue weighted by Gasteiger charge is 2.30. The molecule has 9 heteroatoms. The normalized spacial score (nSPS) is 12.0. The first kappa shape index (κ1) is 24.8. The molecule has 0 spiro atoms. The van der Waals surface area contributed by atoms with Crippen LogP contribution in [0.2, 0.25) is 0 Å². The molecule has 0 radical (unpaired) electrons. The lowest BCUT2D eigenvalue weighted by Crippen LogP contribution is -2.23. The van der Waals surface area contributed by atoms with Crippen molar-refractivity contribution in [3.63, 3.8) is 0 Å². The summed E-state index contributed by atoms with van der Waals surface area (Å²) >= 11 is 0. The van der Waals surface area contributed by atoms with Crippen molar-refractivity contribution in [2.24, 2.45) is 10.7 Å². The van der Waals surface area contributed by atoms with Gasteiger partial charge in [-0.3, -0.25) is 4.99 Å². The average molecular weight is 488 g/mol. The van der Waals surface area contributed by atoms with E-state index in [0.717, 1.165) is 19.4 Å². The van der Waals surface area contributed by atoms with Gasteiger partial charge in [0.1, 0.15) is 5.75 Å². The predicted octanol–water partition coefficient (Wildman–Crippen LogP) is 4.44. The molecular weight excluding hydrogens is 460 g/mol. The first-order valence-corrected chi connectivity index (χ1v) is 8.34. The van der Waals surface area contributed by atoms with E-state index in [1.807, 2.05) is 0 Å². The Labute approximate surface area is 170 Å². The number of nitrogens with two attached hydrogens (primary N) is 1. The van der Waals surface area contributed by atoms with Gasteiger partial charge in [-0.05, 0) is 57.7 Å². The fourth-order valence-electron chi connectivity index (χ4n) is 2.20. The second kappa shape index (κ2) is 13.0. The molecule has 0 aliphatic rings. The quantitative estimate of drug-likeness (QED) is 0.221. The van der Waals surface area contributed by atoms with Gasteiger partial charge in [0.2, 0.25) is 0 Å². The monoisotopic (exact) mass is 488 g/mol. The van der Waals surface area contributed by atoms with Crippen LogP contribution in [-0.4, -0.2) is 44.4 Å². The van der Waals surface area contributed by atoms with Crippen LogP contribution in [0.4, 0.5) is 18.9 Å². The highest BCUT2D eigenvalue weighted by atomic mass is 127. The van der Waals surface area contributed by atoms with Crippen molar-refractivity contribution >= 4 is 35.6 Å². The molecule has 26 heavy (non-hydrogen) atoms. The molecular formula is C17H28F3IN4O. The third-order valence-electron chi connectivity index (χ3n) is 3.41. The largest absolute Gasteiger partial charge is 0.573 e. The van der Waals surface area contributed by atoms with Gasteiger partial charge in [0.05, 0.1) is 0 Å². The van der Waals surface area contributed by atoms with Gasteiger partial charge >= 0.3 is 6.36 Å². The summed E-state index contributed by atoms with van der Waals surface area (Å²) in [5.74, 6) is -0.0278. The molecule has 1 aromatic carbocycles. The van der Waals surface area contributed by atoms with Crippen molar-refractivity contribution in [3.05, 3.63) is 24.3 Å². The first-order valence-electron chi connectivity index (χ1n) is 8.34. The maximum atomic E-state index is 12.1. The van der Waals surface area contributed by atoms with Gasteiger partial charge < -0.3 is 20.7 Å². The minimum absolute atomic E-state index is 0. The smallest absolute Gasteiger partial charge is 0.406 e. The van der Waals surface area contributed by atoms with Crippen LogP contribution in [0.1, 0.15) is 32.1 Å². The molecule has 1 aromatic rings. The van der Waals surface area contributed by atoms with E-state index in [9.17, 15) is 13.2 Å². The van der Waals surface area contributed by atoms with Gasteiger partial charge in [0.15, 0.2) is 5.96 Å². The van der Waals surface area contributed by atoms with Crippen molar-refractivity contribution in [2.75, 3.05) is 32.5 Å². The van der Waals surface area contributed by atoms with Gasteiger partial charge in [-0.15, -0.1) is 37.1 Å². The van der Waals surface area contributed by atoms with Crippen molar-refractivity contribution in [3.8, 4) is 5.75 Å². The Hall–Kier alpha value is -1.23. The minimum atomic E-state index is -4.69. The molecule has 0 heterocycles. The summed E-state index contributed by atoms with van der Waals surface area (Å²) in [7, 11) is 4.14. The van der Waals surface area contributed by atoms with E-state index < -0.39 is 6.36 Å². The van der Waals surface area contributed by atoms with Crippen LogP contribution in [0.25, 0.3) is 0 Å². The Morgan fingerprint density at radius 2 is 1.65 bits per heavy atom. The van der Waals surface area contributed by atoms with E-state index in [4.69, 9.17) is 5.73 Å². The predicted molar refractivity (Wildman–Crippen MR) is 110 cm³/mol. The minimum Gasteiger partial charge on any atom is -0.406 e. The van der Waals surface area contributed by atoms with Crippen LogP contribution >= 0.6 is 24.0 Å². The SMILES string of the molecule is CN(C)CCCCCCCN=C(N)Nc1ccc(OC(F)(F)F)cc1.I. The standard InChI is InChI=1S/C17H27F3N4O.HI/c1-24(2)13-7-5-3-4-6-12-22-16(21)23-14-8-10-15(11-9-14)25-17(18,19)20;/h8-11H,3-7,12-13H2,1-2H3,(H3,21,22,23);1H. The Morgan fingerprint density at radius 3 is 2.23 bits per heavy atom. The lowest BCUT2D eigenvalue weighted by Gasteiger charge is -2.10. The number of aliphatic imine (C=N–C) groups is 1. The molecule has 0 unspecified atom stereocenters. The van der Waals surface area contributed by atoms with E-state index in [1.54, 1.807) is 0 Å². The average Bonchev–Trinajstić information content (AvgIpc) is 2.50. The lowest BCUT2D eigenvalue weighted by molar-refractivity contribution is -0.274. The van der Waals surface area contributed by atoms with Crippen molar-refractivity contribution in [2.45, 2.75) is 38.5 Å². The van der Waals surface area contributed by atoms with Crippen molar-refractivity contribution in [1.82, 2.24) is 4.90 Å². The Balaban J connectivity index is 0.00000625. The number of alkyl halides is 3. The summed E-state index contributed by atoms with van der Waals surface area (Å²) in [5.41, 5.74) is 6.32. The second-order valence-corrected chi connectivity index (χ2v) is 6.04. The summed E-state index contributed by atoms with van der Waals surface area (Å²) in [6, 6.07) is 5.34. The Morgan fingerprint density at radius 1 is 1.08 bits per heavy atom. The lowest BCUT2D eigenvalue weighted by atomic mass is 10.1.